The minimum absolute atomic E-state index is 0. The minimum atomic E-state index is -0.818. The van der Waals surface area contributed by atoms with Crippen LogP contribution in [-0.4, -0.2) is 45.5 Å². The molecule has 0 aromatic heterocycles. The van der Waals surface area contributed by atoms with Crippen molar-refractivity contribution in [1.82, 2.24) is 4.90 Å². The first kappa shape index (κ1) is 26.0. The van der Waals surface area contributed by atoms with Crippen LogP contribution in [0.3, 0.4) is 0 Å². The van der Waals surface area contributed by atoms with E-state index in [1.54, 1.807) is 0 Å². The molecule has 2 rings (SSSR count). The van der Waals surface area contributed by atoms with Crippen LogP contribution in [0.4, 0.5) is 5.69 Å². The van der Waals surface area contributed by atoms with Gasteiger partial charge in [0.25, 0.3) is 0 Å². The average Bonchev–Trinajstić information content (AvgIpc) is 2.43. The molecule has 1 fully saturated rings. The Hall–Kier alpha value is -1.28. The first-order valence-electron chi connectivity index (χ1n) is 7.45. The number of hydrogen-bond acceptors (Lipinski definition) is 6. The summed E-state index contributed by atoms with van der Waals surface area (Å²) in [6, 6.07) is 2.09. The van der Waals surface area contributed by atoms with Crippen molar-refractivity contribution in [2.75, 3.05) is 19.6 Å². The van der Waals surface area contributed by atoms with Crippen molar-refractivity contribution in [2.45, 2.75) is 32.1 Å². The fraction of sp³-hybridized carbons (Fsp3) is 0.533. The molecular weight excluding hydrogens is 395 g/mol. The molecule has 1 aliphatic rings. The normalized spacial score (nSPS) is 14.7. The molecule has 144 valence electrons. The van der Waals surface area contributed by atoms with E-state index in [1.165, 1.54) is 6.42 Å². The Morgan fingerprint density at radius 2 is 1.56 bits per heavy atom. The molecule has 1 aromatic carbocycles. The maximum atomic E-state index is 12.3. The molecule has 1 aromatic rings. The second kappa shape index (κ2) is 12.1. The molecule has 0 radical (unpaired) electrons. The van der Waals surface area contributed by atoms with Gasteiger partial charge in [-0.25, -0.2) is 0 Å². The molecule has 7 nitrogen and oxygen atoms in total. The van der Waals surface area contributed by atoms with Crippen LogP contribution in [0, 0.1) is 10.1 Å². The Labute approximate surface area is 164 Å². The van der Waals surface area contributed by atoms with Gasteiger partial charge in [-0.05, 0) is 32.0 Å². The van der Waals surface area contributed by atoms with Crippen molar-refractivity contribution in [3.05, 3.63) is 27.8 Å². The van der Waals surface area contributed by atoms with Gasteiger partial charge in [-0.1, -0.05) is 19.3 Å². The Bertz CT molecular complexity index is 579. The van der Waals surface area contributed by atoms with Gasteiger partial charge in [0.1, 0.15) is 0 Å². The van der Waals surface area contributed by atoms with Crippen LogP contribution in [0.15, 0.2) is 12.1 Å². The van der Waals surface area contributed by atoms with Crippen LogP contribution in [0.5, 0.6) is 11.5 Å². The third kappa shape index (κ3) is 7.23. The fourth-order valence-corrected chi connectivity index (χ4v) is 2.67. The lowest BCUT2D eigenvalue weighted by Gasteiger charge is -2.23. The van der Waals surface area contributed by atoms with Crippen molar-refractivity contribution in [1.29, 1.82) is 0 Å². The molecule has 1 aliphatic heterocycles. The number of benzene rings is 1. The lowest BCUT2D eigenvalue weighted by molar-refractivity contribution is -0.386. The van der Waals surface area contributed by atoms with Gasteiger partial charge in [-0.3, -0.25) is 19.8 Å². The second-order valence-corrected chi connectivity index (χ2v) is 5.59. The highest BCUT2D eigenvalue weighted by molar-refractivity contribution is 5.99. The predicted octanol–water partition coefficient (Wildman–Crippen LogP) is 3.72. The van der Waals surface area contributed by atoms with Gasteiger partial charge in [0, 0.05) is 11.6 Å². The summed E-state index contributed by atoms with van der Waals surface area (Å²) in [5.74, 6) is -1.75. The van der Waals surface area contributed by atoms with E-state index in [2.05, 4.69) is 0 Å². The molecular formula is C15H23Cl3N2O5. The largest absolute Gasteiger partial charge is 0.504 e. The summed E-state index contributed by atoms with van der Waals surface area (Å²) in [7, 11) is 0. The molecule has 1 heterocycles. The van der Waals surface area contributed by atoms with E-state index in [-0.39, 0.29) is 55.1 Å². The standard InChI is InChI=1S/C15H20N2O5.3ClH/c18-13-9-11(8-12(15(13)20)17(21)22)14(19)10-16-6-4-2-1-3-5-7-16;;;/h8-9,18,20H,1-7,10H2;3*1H. The SMILES string of the molecule is Cl.Cl.Cl.O=C(CN1CCCCCCC1)c1cc(O)c(O)c([N+](=O)[O-])c1. The zero-order valence-electron chi connectivity index (χ0n) is 13.5. The highest BCUT2D eigenvalue weighted by atomic mass is 35.5. The molecule has 25 heavy (non-hydrogen) atoms. The van der Waals surface area contributed by atoms with Gasteiger partial charge in [0.15, 0.2) is 11.5 Å². The topological polar surface area (TPSA) is 104 Å². The number of carbonyl (C=O) groups is 1. The number of phenols is 2. The predicted molar refractivity (Wildman–Crippen MR) is 102 cm³/mol. The van der Waals surface area contributed by atoms with E-state index >= 15 is 0 Å². The van der Waals surface area contributed by atoms with Crippen molar-refractivity contribution in [3.63, 3.8) is 0 Å². The molecule has 0 atom stereocenters. The van der Waals surface area contributed by atoms with Crippen molar-refractivity contribution < 1.29 is 19.9 Å². The van der Waals surface area contributed by atoms with E-state index in [4.69, 9.17) is 0 Å². The number of aromatic hydroxyl groups is 2. The number of nitro benzene ring substituents is 1. The average molecular weight is 418 g/mol. The summed E-state index contributed by atoms with van der Waals surface area (Å²) in [4.78, 5) is 24.3. The Morgan fingerprint density at radius 3 is 2.08 bits per heavy atom. The third-order valence-corrected chi connectivity index (χ3v) is 3.90. The van der Waals surface area contributed by atoms with Gasteiger partial charge in [-0.2, -0.15) is 0 Å². The number of hydrogen-bond donors (Lipinski definition) is 2. The van der Waals surface area contributed by atoms with Crippen LogP contribution >= 0.6 is 37.2 Å². The zero-order chi connectivity index (χ0) is 16.1. The molecule has 0 bridgehead atoms. The van der Waals surface area contributed by atoms with Crippen molar-refractivity contribution >= 4 is 48.7 Å². The Balaban J connectivity index is 0. The van der Waals surface area contributed by atoms with E-state index < -0.39 is 22.1 Å². The number of phenolic OH excluding ortho intramolecular Hbond substituents is 2. The molecule has 0 unspecified atom stereocenters. The lowest BCUT2D eigenvalue weighted by atomic mass is 10.1. The highest BCUT2D eigenvalue weighted by Gasteiger charge is 2.22. The smallest absolute Gasteiger partial charge is 0.315 e. The molecule has 2 N–H and O–H groups in total. The van der Waals surface area contributed by atoms with Gasteiger partial charge >= 0.3 is 5.69 Å². The van der Waals surface area contributed by atoms with Crippen LogP contribution in [0.2, 0.25) is 0 Å². The van der Waals surface area contributed by atoms with Crippen LogP contribution in [0.1, 0.15) is 42.5 Å². The monoisotopic (exact) mass is 416 g/mol. The van der Waals surface area contributed by atoms with E-state index in [0.29, 0.717) is 0 Å². The van der Waals surface area contributed by atoms with Gasteiger partial charge in [0.05, 0.1) is 11.5 Å². The Morgan fingerprint density at radius 1 is 1.04 bits per heavy atom. The van der Waals surface area contributed by atoms with Gasteiger partial charge < -0.3 is 10.2 Å². The number of halogens is 3. The minimum Gasteiger partial charge on any atom is -0.504 e. The summed E-state index contributed by atoms with van der Waals surface area (Å²) in [5.41, 5.74) is -0.611. The van der Waals surface area contributed by atoms with Gasteiger partial charge in [0.2, 0.25) is 5.75 Å². The first-order chi connectivity index (χ1) is 10.5. The summed E-state index contributed by atoms with van der Waals surface area (Å²) in [6.45, 7) is 1.83. The number of ketones is 1. The quantitative estimate of drug-likeness (QED) is 0.335. The number of nitrogens with zero attached hydrogens (tertiary/aromatic N) is 2. The van der Waals surface area contributed by atoms with Crippen molar-refractivity contribution in [3.8, 4) is 11.5 Å². The maximum Gasteiger partial charge on any atom is 0.315 e. The van der Waals surface area contributed by atoms with Crippen LogP contribution < -0.4 is 0 Å². The number of rotatable bonds is 4. The zero-order valence-corrected chi connectivity index (χ0v) is 16.0. The summed E-state index contributed by atoms with van der Waals surface area (Å²) in [6.07, 6.45) is 5.59. The molecule has 10 heteroatoms. The molecule has 0 saturated carbocycles. The van der Waals surface area contributed by atoms with E-state index in [1.807, 2.05) is 4.90 Å². The lowest BCUT2D eigenvalue weighted by Crippen LogP contribution is -2.32. The van der Waals surface area contributed by atoms with Crippen molar-refractivity contribution in [2.24, 2.45) is 0 Å². The maximum absolute atomic E-state index is 12.3. The van der Waals surface area contributed by atoms with E-state index in [9.17, 15) is 25.1 Å². The molecule has 0 aliphatic carbocycles. The van der Waals surface area contributed by atoms with E-state index in [0.717, 1.165) is 50.9 Å². The summed E-state index contributed by atoms with van der Waals surface area (Å²) < 4.78 is 0. The number of likely N-dealkylation sites (tertiary alicyclic amines) is 1. The first-order valence-corrected chi connectivity index (χ1v) is 7.45. The number of nitro groups is 1. The molecule has 0 spiro atoms. The Kier molecular flexibility index (Phi) is 12.6. The molecule has 0 amide bonds. The number of Topliss-reactive ketones (excluding diaryl/α,β-unsaturated/α-hetero) is 1. The second-order valence-electron chi connectivity index (χ2n) is 5.59. The summed E-state index contributed by atoms with van der Waals surface area (Å²) >= 11 is 0. The third-order valence-electron chi connectivity index (χ3n) is 3.90. The van der Waals surface area contributed by atoms with Crippen LogP contribution in [-0.2, 0) is 0 Å². The highest BCUT2D eigenvalue weighted by Crippen LogP contribution is 2.36. The summed E-state index contributed by atoms with van der Waals surface area (Å²) in [5, 5.41) is 29.8. The molecule has 1 saturated heterocycles. The number of carbonyl (C=O) groups excluding carboxylic acids is 1. The van der Waals surface area contributed by atoms with Crippen LogP contribution in [0.25, 0.3) is 0 Å². The van der Waals surface area contributed by atoms with Gasteiger partial charge in [-0.15, -0.1) is 37.2 Å². The fourth-order valence-electron chi connectivity index (χ4n) is 2.67.